The molecule has 0 saturated heterocycles. The number of hydrogen-bond donors (Lipinski definition) is 2. The van der Waals surface area contributed by atoms with Crippen LogP contribution in [0.4, 0.5) is 11.4 Å². The Morgan fingerprint density at radius 2 is 1.85 bits per heavy atom. The summed E-state index contributed by atoms with van der Waals surface area (Å²) < 4.78 is 5.71. The van der Waals surface area contributed by atoms with Crippen molar-refractivity contribution in [2.45, 2.75) is 0 Å². The van der Waals surface area contributed by atoms with E-state index < -0.39 is 16.7 Å². The van der Waals surface area contributed by atoms with Crippen LogP contribution in [0.15, 0.2) is 70.8 Å². The lowest BCUT2D eigenvalue weighted by molar-refractivity contribution is -0.384. The minimum atomic E-state index is -0.698. The second-order valence-electron chi connectivity index (χ2n) is 6.79. The SMILES string of the molecule is COc1ccc(C(=O)N/C(=C\c2cccc([N+](=O)[O-])c2)C(=O)Nc2ccc(Cl)cc2Cl)cc1Br. The Balaban J connectivity index is 1.96. The van der Waals surface area contributed by atoms with E-state index in [1.165, 1.54) is 55.7 Å². The third kappa shape index (κ3) is 6.34. The predicted molar refractivity (Wildman–Crippen MR) is 134 cm³/mol. The minimum absolute atomic E-state index is 0.163. The van der Waals surface area contributed by atoms with E-state index in [-0.39, 0.29) is 27.7 Å². The van der Waals surface area contributed by atoms with Crippen molar-refractivity contribution in [3.05, 3.63) is 102 Å². The summed E-state index contributed by atoms with van der Waals surface area (Å²) in [6.07, 6.45) is 1.32. The number of halogens is 3. The van der Waals surface area contributed by atoms with Crippen LogP contribution in [0.2, 0.25) is 10.0 Å². The number of nitrogens with zero attached hydrogens (tertiary/aromatic N) is 1. The van der Waals surface area contributed by atoms with E-state index in [0.29, 0.717) is 20.8 Å². The molecule has 3 aromatic carbocycles. The number of methoxy groups -OCH3 is 1. The first-order chi connectivity index (χ1) is 16.2. The normalized spacial score (nSPS) is 11.0. The summed E-state index contributed by atoms with van der Waals surface area (Å²) in [6, 6.07) is 14.8. The van der Waals surface area contributed by atoms with E-state index >= 15 is 0 Å². The highest BCUT2D eigenvalue weighted by molar-refractivity contribution is 9.10. The molecule has 0 radical (unpaired) electrons. The highest BCUT2D eigenvalue weighted by Gasteiger charge is 2.18. The number of carbonyl (C=O) groups excluding carboxylic acids is 2. The zero-order chi connectivity index (χ0) is 24.8. The fourth-order valence-corrected chi connectivity index (χ4v) is 3.83. The molecule has 11 heteroatoms. The molecule has 0 aromatic heterocycles. The average molecular weight is 565 g/mol. The van der Waals surface area contributed by atoms with E-state index in [9.17, 15) is 19.7 Å². The first-order valence-corrected chi connectivity index (χ1v) is 11.1. The van der Waals surface area contributed by atoms with Gasteiger partial charge >= 0.3 is 0 Å². The molecule has 0 saturated carbocycles. The van der Waals surface area contributed by atoms with Gasteiger partial charge in [0.25, 0.3) is 17.5 Å². The Labute approximate surface area is 212 Å². The maximum absolute atomic E-state index is 13.1. The molecule has 2 amide bonds. The fourth-order valence-electron chi connectivity index (χ4n) is 2.84. The van der Waals surface area contributed by atoms with Gasteiger partial charge in [-0.05, 0) is 64.0 Å². The van der Waals surface area contributed by atoms with E-state index in [2.05, 4.69) is 26.6 Å². The van der Waals surface area contributed by atoms with Crippen LogP contribution in [0.5, 0.6) is 5.75 Å². The van der Waals surface area contributed by atoms with E-state index in [4.69, 9.17) is 27.9 Å². The van der Waals surface area contributed by atoms with Crippen LogP contribution in [0.1, 0.15) is 15.9 Å². The molecule has 174 valence electrons. The van der Waals surface area contributed by atoms with Gasteiger partial charge in [-0.2, -0.15) is 0 Å². The number of nitro groups is 1. The van der Waals surface area contributed by atoms with Crippen molar-refractivity contribution in [3.63, 3.8) is 0 Å². The van der Waals surface area contributed by atoms with Gasteiger partial charge in [-0.1, -0.05) is 35.3 Å². The number of ether oxygens (including phenoxy) is 1. The van der Waals surface area contributed by atoms with E-state index in [1.807, 2.05) is 0 Å². The monoisotopic (exact) mass is 563 g/mol. The summed E-state index contributed by atoms with van der Waals surface area (Å²) in [6.45, 7) is 0. The maximum atomic E-state index is 13.1. The second-order valence-corrected chi connectivity index (χ2v) is 8.49. The maximum Gasteiger partial charge on any atom is 0.272 e. The van der Waals surface area contributed by atoms with Crippen LogP contribution < -0.4 is 15.4 Å². The van der Waals surface area contributed by atoms with Crippen LogP contribution in [-0.4, -0.2) is 23.8 Å². The van der Waals surface area contributed by atoms with Gasteiger partial charge in [0.05, 0.1) is 27.2 Å². The Morgan fingerprint density at radius 1 is 1.09 bits per heavy atom. The average Bonchev–Trinajstić information content (AvgIpc) is 2.80. The molecule has 0 bridgehead atoms. The lowest BCUT2D eigenvalue weighted by Crippen LogP contribution is -2.30. The number of hydrogen-bond acceptors (Lipinski definition) is 5. The molecule has 0 fully saturated rings. The summed E-state index contributed by atoms with van der Waals surface area (Å²) in [5.41, 5.74) is 0.512. The third-order valence-electron chi connectivity index (χ3n) is 4.48. The molecule has 0 aliphatic carbocycles. The number of non-ortho nitro benzene ring substituents is 1. The number of rotatable bonds is 7. The molecule has 0 unspecified atom stereocenters. The Hall–Kier alpha value is -3.40. The Bertz CT molecular complexity index is 1310. The van der Waals surface area contributed by atoms with E-state index in [1.54, 1.807) is 18.2 Å². The predicted octanol–water partition coefficient (Wildman–Crippen LogP) is 6.08. The van der Waals surface area contributed by atoms with Crippen molar-refractivity contribution in [1.29, 1.82) is 0 Å². The van der Waals surface area contributed by atoms with Crippen molar-refractivity contribution in [2.24, 2.45) is 0 Å². The van der Waals surface area contributed by atoms with Crippen LogP contribution >= 0.6 is 39.1 Å². The van der Waals surface area contributed by atoms with Gasteiger partial charge in [0.2, 0.25) is 0 Å². The van der Waals surface area contributed by atoms with Gasteiger partial charge in [-0.3, -0.25) is 19.7 Å². The van der Waals surface area contributed by atoms with Gasteiger partial charge in [-0.25, -0.2) is 0 Å². The van der Waals surface area contributed by atoms with Crippen molar-refractivity contribution in [1.82, 2.24) is 5.32 Å². The lowest BCUT2D eigenvalue weighted by Gasteiger charge is -2.13. The highest BCUT2D eigenvalue weighted by Crippen LogP contribution is 2.27. The molecular weight excluding hydrogens is 549 g/mol. The summed E-state index contributed by atoms with van der Waals surface area (Å²) in [4.78, 5) is 36.5. The molecule has 0 atom stereocenters. The second kappa shape index (κ2) is 11.1. The summed E-state index contributed by atoms with van der Waals surface area (Å²) in [5.74, 6) is -0.756. The van der Waals surface area contributed by atoms with Crippen LogP contribution in [0.3, 0.4) is 0 Å². The highest BCUT2D eigenvalue weighted by atomic mass is 79.9. The van der Waals surface area contributed by atoms with Gasteiger partial charge in [-0.15, -0.1) is 0 Å². The molecule has 0 aliphatic heterocycles. The number of nitro benzene ring substituents is 1. The fraction of sp³-hybridized carbons (Fsp3) is 0.0435. The molecule has 34 heavy (non-hydrogen) atoms. The molecule has 0 heterocycles. The topological polar surface area (TPSA) is 111 Å². The van der Waals surface area contributed by atoms with Crippen molar-refractivity contribution in [3.8, 4) is 5.75 Å². The smallest absolute Gasteiger partial charge is 0.272 e. The molecule has 0 spiro atoms. The molecule has 2 N–H and O–H groups in total. The van der Waals surface area contributed by atoms with Gasteiger partial charge in [0.15, 0.2) is 0 Å². The molecule has 0 aliphatic rings. The summed E-state index contributed by atoms with van der Waals surface area (Å²) in [7, 11) is 1.49. The molecular formula is C23H16BrCl2N3O5. The van der Waals surface area contributed by atoms with Crippen LogP contribution in [0, 0.1) is 10.1 Å². The van der Waals surface area contributed by atoms with Crippen molar-refractivity contribution < 1.29 is 19.2 Å². The molecule has 3 aromatic rings. The van der Waals surface area contributed by atoms with Gasteiger partial charge in [0, 0.05) is 22.7 Å². The Kier molecular flexibility index (Phi) is 8.27. The number of anilines is 1. The number of benzene rings is 3. The zero-order valence-electron chi connectivity index (χ0n) is 17.5. The lowest BCUT2D eigenvalue weighted by atomic mass is 10.1. The largest absolute Gasteiger partial charge is 0.496 e. The quantitative estimate of drug-likeness (QED) is 0.205. The molecule has 8 nitrogen and oxygen atoms in total. The minimum Gasteiger partial charge on any atom is -0.496 e. The molecule has 3 rings (SSSR count). The number of carbonyl (C=O) groups is 2. The van der Waals surface area contributed by atoms with Gasteiger partial charge < -0.3 is 15.4 Å². The standard InChI is InChI=1S/C23H16BrCl2N3O5/c1-34-21-8-5-14(11-17(21)24)22(30)28-20(10-13-3-2-4-16(9-13)29(32)33)23(31)27-19-7-6-15(25)12-18(19)26/h2-12H,1H3,(H,27,31)(H,28,30)/b20-10-. The van der Waals surface area contributed by atoms with Gasteiger partial charge in [0.1, 0.15) is 11.4 Å². The first-order valence-electron chi connectivity index (χ1n) is 9.55. The number of amides is 2. The Morgan fingerprint density at radius 3 is 2.50 bits per heavy atom. The third-order valence-corrected chi connectivity index (χ3v) is 5.65. The zero-order valence-corrected chi connectivity index (χ0v) is 20.6. The van der Waals surface area contributed by atoms with Crippen LogP contribution in [-0.2, 0) is 4.79 Å². The first kappa shape index (κ1) is 25.2. The number of nitrogens with one attached hydrogen (secondary N) is 2. The van der Waals surface area contributed by atoms with E-state index in [0.717, 1.165) is 0 Å². The summed E-state index contributed by atoms with van der Waals surface area (Å²) in [5, 5.41) is 16.9. The summed E-state index contributed by atoms with van der Waals surface area (Å²) >= 11 is 15.4. The van der Waals surface area contributed by atoms with Crippen molar-refractivity contribution in [2.75, 3.05) is 12.4 Å². The van der Waals surface area contributed by atoms with Crippen LogP contribution in [0.25, 0.3) is 6.08 Å². The van der Waals surface area contributed by atoms with Crippen molar-refractivity contribution >= 4 is 68.4 Å².